The SMILES string of the molecule is O=C(O)c1cncc(CC2CCN(C(=O)c3cn[nH]c3C3CCCCC3)C2)c1. The van der Waals surface area contributed by atoms with Gasteiger partial charge in [-0.25, -0.2) is 4.79 Å². The molecule has 148 valence electrons. The van der Waals surface area contributed by atoms with Crippen molar-refractivity contribution in [3.05, 3.63) is 47.0 Å². The summed E-state index contributed by atoms with van der Waals surface area (Å²) in [6.45, 7) is 1.41. The summed E-state index contributed by atoms with van der Waals surface area (Å²) in [5, 5.41) is 16.4. The lowest BCUT2D eigenvalue weighted by atomic mass is 9.85. The van der Waals surface area contributed by atoms with Crippen LogP contribution in [0.1, 0.15) is 76.4 Å². The number of hydrogen-bond donors (Lipinski definition) is 2. The predicted molar refractivity (Wildman–Crippen MR) is 103 cm³/mol. The molecule has 2 N–H and O–H groups in total. The van der Waals surface area contributed by atoms with Crippen LogP contribution in [0.25, 0.3) is 0 Å². The average molecular weight is 382 g/mol. The topological polar surface area (TPSA) is 99.2 Å². The molecular weight excluding hydrogens is 356 g/mol. The van der Waals surface area contributed by atoms with Gasteiger partial charge < -0.3 is 10.0 Å². The molecule has 2 aromatic rings. The highest BCUT2D eigenvalue weighted by molar-refractivity contribution is 5.95. The number of aromatic amines is 1. The van der Waals surface area contributed by atoms with Gasteiger partial charge in [-0.2, -0.15) is 5.10 Å². The highest BCUT2D eigenvalue weighted by Gasteiger charge is 2.31. The Morgan fingerprint density at radius 3 is 2.75 bits per heavy atom. The van der Waals surface area contributed by atoms with Crippen molar-refractivity contribution in [2.24, 2.45) is 5.92 Å². The molecule has 0 spiro atoms. The minimum Gasteiger partial charge on any atom is -0.478 e. The zero-order chi connectivity index (χ0) is 19.5. The van der Waals surface area contributed by atoms with Crippen LogP contribution in [0.4, 0.5) is 0 Å². The molecule has 1 saturated heterocycles. The highest BCUT2D eigenvalue weighted by atomic mass is 16.4. The van der Waals surface area contributed by atoms with Crippen molar-refractivity contribution in [1.82, 2.24) is 20.1 Å². The molecule has 1 saturated carbocycles. The van der Waals surface area contributed by atoms with Gasteiger partial charge in [0, 0.05) is 31.4 Å². The summed E-state index contributed by atoms with van der Waals surface area (Å²) in [7, 11) is 0. The smallest absolute Gasteiger partial charge is 0.337 e. The number of aromatic carboxylic acids is 1. The number of carbonyl (C=O) groups excluding carboxylic acids is 1. The molecule has 2 fully saturated rings. The summed E-state index contributed by atoms with van der Waals surface area (Å²) in [5.41, 5.74) is 2.85. The van der Waals surface area contributed by atoms with E-state index in [4.69, 9.17) is 5.11 Å². The van der Waals surface area contributed by atoms with Crippen molar-refractivity contribution >= 4 is 11.9 Å². The molecule has 28 heavy (non-hydrogen) atoms. The molecule has 1 unspecified atom stereocenters. The van der Waals surface area contributed by atoms with E-state index >= 15 is 0 Å². The average Bonchev–Trinajstić information content (AvgIpc) is 3.38. The maximum Gasteiger partial charge on any atom is 0.337 e. The van der Waals surface area contributed by atoms with Crippen LogP contribution in [-0.2, 0) is 6.42 Å². The zero-order valence-corrected chi connectivity index (χ0v) is 15.9. The van der Waals surface area contributed by atoms with E-state index in [2.05, 4.69) is 15.2 Å². The number of hydrogen-bond acceptors (Lipinski definition) is 4. The summed E-state index contributed by atoms with van der Waals surface area (Å²) < 4.78 is 0. The van der Waals surface area contributed by atoms with Crippen LogP contribution in [0.3, 0.4) is 0 Å². The Labute approximate surface area is 164 Å². The van der Waals surface area contributed by atoms with Gasteiger partial charge >= 0.3 is 5.97 Å². The third-order valence-corrected chi connectivity index (χ3v) is 6.05. The lowest BCUT2D eigenvalue weighted by molar-refractivity contribution is 0.0695. The third-order valence-electron chi connectivity index (χ3n) is 6.05. The largest absolute Gasteiger partial charge is 0.478 e. The van der Waals surface area contributed by atoms with E-state index in [1.165, 1.54) is 25.5 Å². The van der Waals surface area contributed by atoms with Gasteiger partial charge in [0.15, 0.2) is 0 Å². The number of H-pyrrole nitrogens is 1. The van der Waals surface area contributed by atoms with E-state index in [-0.39, 0.29) is 11.5 Å². The van der Waals surface area contributed by atoms with Crippen molar-refractivity contribution < 1.29 is 14.7 Å². The second-order valence-corrected chi connectivity index (χ2v) is 8.03. The van der Waals surface area contributed by atoms with E-state index < -0.39 is 5.97 Å². The van der Waals surface area contributed by atoms with E-state index in [9.17, 15) is 9.59 Å². The fourth-order valence-electron chi connectivity index (χ4n) is 4.57. The predicted octanol–water partition coefficient (Wildman–Crippen LogP) is 3.26. The van der Waals surface area contributed by atoms with Crippen molar-refractivity contribution in [2.45, 2.75) is 50.9 Å². The highest BCUT2D eigenvalue weighted by Crippen LogP contribution is 2.34. The van der Waals surface area contributed by atoms with Gasteiger partial charge in [0.1, 0.15) is 0 Å². The van der Waals surface area contributed by atoms with Crippen LogP contribution >= 0.6 is 0 Å². The summed E-state index contributed by atoms with van der Waals surface area (Å²) in [6, 6.07) is 1.68. The van der Waals surface area contributed by atoms with E-state index in [0.29, 0.717) is 18.4 Å². The Hall–Kier alpha value is -2.70. The minimum absolute atomic E-state index is 0.0641. The van der Waals surface area contributed by atoms with Crippen LogP contribution in [0.15, 0.2) is 24.7 Å². The molecule has 2 aliphatic rings. The first-order chi connectivity index (χ1) is 13.6. The van der Waals surface area contributed by atoms with Crippen LogP contribution in [0.2, 0.25) is 0 Å². The van der Waals surface area contributed by atoms with Gasteiger partial charge in [0.05, 0.1) is 23.0 Å². The van der Waals surface area contributed by atoms with Crippen molar-refractivity contribution in [1.29, 1.82) is 0 Å². The van der Waals surface area contributed by atoms with Gasteiger partial charge in [0.25, 0.3) is 5.91 Å². The lowest BCUT2D eigenvalue weighted by Gasteiger charge is -2.23. The molecule has 3 heterocycles. The van der Waals surface area contributed by atoms with Crippen LogP contribution in [0, 0.1) is 5.92 Å². The lowest BCUT2D eigenvalue weighted by Crippen LogP contribution is -2.30. The number of carboxylic acid groups (broad SMARTS) is 1. The Bertz CT molecular complexity index is 857. The van der Waals surface area contributed by atoms with Crippen molar-refractivity contribution in [3.8, 4) is 0 Å². The van der Waals surface area contributed by atoms with Gasteiger partial charge in [0.2, 0.25) is 0 Å². The number of aromatic nitrogens is 3. The molecule has 1 atom stereocenters. The minimum atomic E-state index is -0.965. The number of nitrogens with one attached hydrogen (secondary N) is 1. The standard InChI is InChI=1S/C21H26N4O3/c26-20(18-12-23-24-19(18)16-4-2-1-3-5-16)25-7-6-14(13-25)8-15-9-17(21(27)28)11-22-10-15/h9-12,14,16H,1-8,13H2,(H,23,24)(H,27,28). The van der Waals surface area contributed by atoms with Gasteiger partial charge in [-0.15, -0.1) is 0 Å². The molecule has 7 heteroatoms. The Morgan fingerprint density at radius 2 is 1.96 bits per heavy atom. The Kier molecular flexibility index (Phi) is 5.41. The molecule has 1 aliphatic carbocycles. The first kappa shape index (κ1) is 18.7. The first-order valence-electron chi connectivity index (χ1n) is 10.1. The number of likely N-dealkylation sites (tertiary alicyclic amines) is 1. The first-order valence-corrected chi connectivity index (χ1v) is 10.1. The van der Waals surface area contributed by atoms with Crippen molar-refractivity contribution in [3.63, 3.8) is 0 Å². The number of carboxylic acids is 1. The molecule has 0 bridgehead atoms. The normalized spacial score (nSPS) is 20.4. The van der Waals surface area contributed by atoms with Gasteiger partial charge in [-0.1, -0.05) is 19.3 Å². The van der Waals surface area contributed by atoms with Gasteiger partial charge in [-0.05, 0) is 43.2 Å². The van der Waals surface area contributed by atoms with Crippen LogP contribution in [-0.4, -0.2) is 50.2 Å². The number of amides is 1. The molecule has 2 aromatic heterocycles. The quantitative estimate of drug-likeness (QED) is 0.827. The van der Waals surface area contributed by atoms with Crippen molar-refractivity contribution in [2.75, 3.05) is 13.1 Å². The molecule has 1 aliphatic heterocycles. The molecule has 0 radical (unpaired) electrons. The zero-order valence-electron chi connectivity index (χ0n) is 15.9. The summed E-state index contributed by atoms with van der Waals surface area (Å²) in [5.74, 6) is -0.166. The van der Waals surface area contributed by atoms with Crippen LogP contribution < -0.4 is 0 Å². The van der Waals surface area contributed by atoms with E-state index in [1.807, 2.05) is 4.90 Å². The maximum absolute atomic E-state index is 13.1. The molecular formula is C21H26N4O3. The molecule has 0 aromatic carbocycles. The monoisotopic (exact) mass is 382 g/mol. The fraction of sp³-hybridized carbons (Fsp3) is 0.524. The van der Waals surface area contributed by atoms with Crippen LogP contribution in [0.5, 0.6) is 0 Å². The second kappa shape index (κ2) is 8.12. The number of carbonyl (C=O) groups is 2. The number of nitrogens with zero attached hydrogens (tertiary/aromatic N) is 3. The molecule has 7 nitrogen and oxygen atoms in total. The second-order valence-electron chi connectivity index (χ2n) is 8.03. The fourth-order valence-corrected chi connectivity index (χ4v) is 4.57. The number of pyridine rings is 1. The molecule has 1 amide bonds. The van der Waals surface area contributed by atoms with Gasteiger partial charge in [-0.3, -0.25) is 14.9 Å². The summed E-state index contributed by atoms with van der Waals surface area (Å²) in [4.78, 5) is 30.2. The molecule has 4 rings (SSSR count). The summed E-state index contributed by atoms with van der Waals surface area (Å²) in [6.07, 6.45) is 12.4. The van der Waals surface area contributed by atoms with E-state index in [1.54, 1.807) is 18.5 Å². The third kappa shape index (κ3) is 3.93. The number of rotatable bonds is 5. The Balaban J connectivity index is 1.40. The maximum atomic E-state index is 13.1. The summed E-state index contributed by atoms with van der Waals surface area (Å²) >= 11 is 0. The van der Waals surface area contributed by atoms with E-state index in [0.717, 1.165) is 49.0 Å². The Morgan fingerprint density at radius 1 is 1.14 bits per heavy atom.